The molecule has 0 radical (unpaired) electrons. The summed E-state index contributed by atoms with van der Waals surface area (Å²) >= 11 is 0. The van der Waals surface area contributed by atoms with Gasteiger partial charge in [0.15, 0.2) is 6.29 Å². The van der Waals surface area contributed by atoms with Crippen LogP contribution in [0.2, 0.25) is 0 Å². The maximum absolute atomic E-state index is 11.2. The van der Waals surface area contributed by atoms with Gasteiger partial charge in [-0.05, 0) is 12.1 Å². The molecule has 0 aliphatic rings. The van der Waals surface area contributed by atoms with Crippen LogP contribution in [0.5, 0.6) is 11.8 Å². The van der Waals surface area contributed by atoms with Gasteiger partial charge in [0.05, 0.1) is 11.1 Å². The Balaban J connectivity index is 2.28. The van der Waals surface area contributed by atoms with E-state index in [-0.39, 0.29) is 17.3 Å². The van der Waals surface area contributed by atoms with Crippen LogP contribution in [0.1, 0.15) is 20.7 Å². The number of hydrogen-bond acceptors (Lipinski definition) is 5. The average molecular weight is 243 g/mol. The number of aldehydes is 1. The summed E-state index contributed by atoms with van der Waals surface area (Å²) in [5.74, 6) is -0.334. The Kier molecular flexibility index (Phi) is 3.29. The number of amides is 1. The Hall–Kier alpha value is -2.76. The van der Waals surface area contributed by atoms with Gasteiger partial charge in [-0.2, -0.15) is 0 Å². The minimum atomic E-state index is -0.602. The zero-order chi connectivity index (χ0) is 13.0. The normalized spacial score (nSPS) is 9.78. The second kappa shape index (κ2) is 5.05. The van der Waals surface area contributed by atoms with E-state index in [1.807, 2.05) is 0 Å². The third kappa shape index (κ3) is 2.49. The van der Waals surface area contributed by atoms with Crippen molar-refractivity contribution in [1.82, 2.24) is 9.97 Å². The predicted molar refractivity (Wildman–Crippen MR) is 62.5 cm³/mol. The summed E-state index contributed by atoms with van der Waals surface area (Å²) in [7, 11) is 0. The van der Waals surface area contributed by atoms with E-state index in [1.165, 1.54) is 18.5 Å². The van der Waals surface area contributed by atoms with Crippen LogP contribution in [0.15, 0.2) is 36.7 Å². The standard InChI is InChI=1S/C12H9N3O3/c13-11(17)9-3-1-2-4-10(9)18-12-14-5-8(7-16)6-15-12/h1-7H,(H2,13,17). The van der Waals surface area contributed by atoms with Gasteiger partial charge < -0.3 is 10.5 Å². The fourth-order valence-electron chi connectivity index (χ4n) is 1.30. The number of rotatable bonds is 4. The molecule has 6 nitrogen and oxygen atoms in total. The van der Waals surface area contributed by atoms with Gasteiger partial charge in [0, 0.05) is 12.4 Å². The molecule has 0 aliphatic carbocycles. The Morgan fingerprint density at radius 1 is 1.22 bits per heavy atom. The number of ether oxygens (including phenoxy) is 1. The second-order valence-corrected chi connectivity index (χ2v) is 3.38. The predicted octanol–water partition coefficient (Wildman–Crippen LogP) is 1.18. The van der Waals surface area contributed by atoms with Crippen LogP contribution in [0, 0.1) is 0 Å². The molecule has 90 valence electrons. The first-order chi connectivity index (χ1) is 8.70. The molecular weight excluding hydrogens is 234 g/mol. The van der Waals surface area contributed by atoms with E-state index in [2.05, 4.69) is 9.97 Å². The smallest absolute Gasteiger partial charge is 0.321 e. The van der Waals surface area contributed by atoms with Gasteiger partial charge in [-0.15, -0.1) is 0 Å². The van der Waals surface area contributed by atoms with Crippen LogP contribution in [-0.2, 0) is 0 Å². The lowest BCUT2D eigenvalue weighted by Gasteiger charge is -2.06. The maximum Gasteiger partial charge on any atom is 0.321 e. The van der Waals surface area contributed by atoms with Crippen molar-refractivity contribution in [1.29, 1.82) is 0 Å². The third-order valence-electron chi connectivity index (χ3n) is 2.14. The number of nitrogens with two attached hydrogens (primary N) is 1. The number of aromatic nitrogens is 2. The minimum Gasteiger partial charge on any atom is -0.423 e. The molecule has 0 spiro atoms. The molecule has 0 atom stereocenters. The molecule has 0 saturated carbocycles. The van der Waals surface area contributed by atoms with E-state index in [0.29, 0.717) is 11.8 Å². The number of para-hydroxylation sites is 1. The van der Waals surface area contributed by atoms with Gasteiger partial charge in [0.2, 0.25) is 0 Å². The number of hydrogen-bond donors (Lipinski definition) is 1. The molecular formula is C12H9N3O3. The SMILES string of the molecule is NC(=O)c1ccccc1Oc1ncc(C=O)cn1. The van der Waals surface area contributed by atoms with Crippen molar-refractivity contribution in [3.05, 3.63) is 47.8 Å². The van der Waals surface area contributed by atoms with Crippen LogP contribution < -0.4 is 10.5 Å². The van der Waals surface area contributed by atoms with Crippen molar-refractivity contribution in [2.75, 3.05) is 0 Å². The zero-order valence-electron chi connectivity index (χ0n) is 9.24. The third-order valence-corrected chi connectivity index (χ3v) is 2.14. The van der Waals surface area contributed by atoms with E-state index in [9.17, 15) is 9.59 Å². The van der Waals surface area contributed by atoms with Gasteiger partial charge in [-0.25, -0.2) is 9.97 Å². The van der Waals surface area contributed by atoms with Gasteiger partial charge in [0.1, 0.15) is 5.75 Å². The molecule has 2 rings (SSSR count). The molecule has 1 heterocycles. The quantitative estimate of drug-likeness (QED) is 0.813. The molecule has 0 fully saturated rings. The number of primary amides is 1. The number of benzene rings is 1. The highest BCUT2D eigenvalue weighted by Gasteiger charge is 2.10. The molecule has 6 heteroatoms. The van der Waals surface area contributed by atoms with Crippen LogP contribution in [0.4, 0.5) is 0 Å². The summed E-state index contributed by atoms with van der Waals surface area (Å²) in [4.78, 5) is 29.3. The highest BCUT2D eigenvalue weighted by molar-refractivity contribution is 5.95. The number of carbonyl (C=O) groups excluding carboxylic acids is 2. The van der Waals surface area contributed by atoms with Gasteiger partial charge in [-0.1, -0.05) is 12.1 Å². The molecule has 2 N–H and O–H groups in total. The first kappa shape index (κ1) is 11.7. The Labute approximate surface area is 102 Å². The summed E-state index contributed by atoms with van der Waals surface area (Å²) in [5.41, 5.74) is 5.78. The Morgan fingerprint density at radius 2 is 1.89 bits per heavy atom. The summed E-state index contributed by atoms with van der Waals surface area (Å²) in [6.45, 7) is 0. The maximum atomic E-state index is 11.2. The summed E-state index contributed by atoms with van der Waals surface area (Å²) in [5, 5.41) is 0. The molecule has 0 aliphatic heterocycles. The molecule has 0 saturated heterocycles. The molecule has 0 unspecified atom stereocenters. The van der Waals surface area contributed by atoms with Crippen molar-refractivity contribution >= 4 is 12.2 Å². The number of nitrogens with zero attached hydrogens (tertiary/aromatic N) is 2. The Bertz CT molecular complexity index is 581. The van der Waals surface area contributed by atoms with Crippen molar-refractivity contribution in [3.8, 4) is 11.8 Å². The van der Waals surface area contributed by atoms with Gasteiger partial charge in [0.25, 0.3) is 5.91 Å². The molecule has 0 bridgehead atoms. The van der Waals surface area contributed by atoms with Crippen LogP contribution in [0.3, 0.4) is 0 Å². The highest BCUT2D eigenvalue weighted by Crippen LogP contribution is 2.21. The zero-order valence-corrected chi connectivity index (χ0v) is 9.24. The van der Waals surface area contributed by atoms with Crippen molar-refractivity contribution < 1.29 is 14.3 Å². The lowest BCUT2D eigenvalue weighted by atomic mass is 10.2. The van der Waals surface area contributed by atoms with E-state index in [0.717, 1.165) is 0 Å². The molecule has 1 aromatic heterocycles. The average Bonchev–Trinajstić information content (AvgIpc) is 2.40. The fraction of sp³-hybridized carbons (Fsp3) is 0. The lowest BCUT2D eigenvalue weighted by Crippen LogP contribution is -2.12. The van der Waals surface area contributed by atoms with Gasteiger partial charge >= 0.3 is 6.01 Å². The van der Waals surface area contributed by atoms with E-state index < -0.39 is 5.91 Å². The molecule has 1 amide bonds. The topological polar surface area (TPSA) is 95.2 Å². The van der Waals surface area contributed by atoms with E-state index in [1.54, 1.807) is 18.2 Å². The van der Waals surface area contributed by atoms with Crippen LogP contribution in [-0.4, -0.2) is 22.2 Å². The fourth-order valence-corrected chi connectivity index (χ4v) is 1.30. The molecule has 18 heavy (non-hydrogen) atoms. The Morgan fingerprint density at radius 3 is 2.50 bits per heavy atom. The van der Waals surface area contributed by atoms with Gasteiger partial charge in [-0.3, -0.25) is 9.59 Å². The van der Waals surface area contributed by atoms with Crippen LogP contribution in [0.25, 0.3) is 0 Å². The first-order valence-corrected chi connectivity index (χ1v) is 5.04. The lowest BCUT2D eigenvalue weighted by molar-refractivity contribution is 0.0997. The van der Waals surface area contributed by atoms with Crippen molar-refractivity contribution in [3.63, 3.8) is 0 Å². The number of carbonyl (C=O) groups is 2. The minimum absolute atomic E-state index is 0.0364. The largest absolute Gasteiger partial charge is 0.423 e. The highest BCUT2D eigenvalue weighted by atomic mass is 16.5. The summed E-state index contributed by atoms with van der Waals surface area (Å²) in [6.07, 6.45) is 3.27. The van der Waals surface area contributed by atoms with E-state index in [4.69, 9.17) is 10.5 Å². The molecule has 1 aromatic carbocycles. The van der Waals surface area contributed by atoms with Crippen molar-refractivity contribution in [2.24, 2.45) is 5.73 Å². The van der Waals surface area contributed by atoms with Crippen LogP contribution >= 0.6 is 0 Å². The molecule has 2 aromatic rings. The summed E-state index contributed by atoms with van der Waals surface area (Å²) < 4.78 is 5.33. The van der Waals surface area contributed by atoms with Crippen molar-refractivity contribution in [2.45, 2.75) is 0 Å². The first-order valence-electron chi connectivity index (χ1n) is 5.04. The second-order valence-electron chi connectivity index (χ2n) is 3.38. The monoisotopic (exact) mass is 243 g/mol. The van der Waals surface area contributed by atoms with E-state index >= 15 is 0 Å². The summed E-state index contributed by atoms with van der Waals surface area (Å²) in [6, 6.07) is 6.52.